The smallest absolute Gasteiger partial charge is 0.243 e. The largest absolute Gasteiger partial charge is 0.394 e. The summed E-state index contributed by atoms with van der Waals surface area (Å²) < 4.78 is 0. The van der Waals surface area contributed by atoms with Gasteiger partial charge in [-0.15, -0.1) is 0 Å². The molecule has 104 valence electrons. The van der Waals surface area contributed by atoms with Crippen LogP contribution in [0.1, 0.15) is 25.5 Å². The Labute approximate surface area is 112 Å². The van der Waals surface area contributed by atoms with Crippen LogP contribution < -0.4 is 10.6 Å². The van der Waals surface area contributed by atoms with E-state index in [0.29, 0.717) is 5.56 Å². The van der Waals surface area contributed by atoms with Crippen molar-refractivity contribution in [3.05, 3.63) is 29.8 Å². The van der Waals surface area contributed by atoms with Crippen molar-refractivity contribution < 1.29 is 15.0 Å². The Hall–Kier alpha value is -1.59. The molecule has 1 aliphatic rings. The summed E-state index contributed by atoms with van der Waals surface area (Å²) in [5.74, 6) is -0.106. The van der Waals surface area contributed by atoms with Crippen molar-refractivity contribution >= 4 is 11.6 Å². The van der Waals surface area contributed by atoms with Gasteiger partial charge in [0, 0.05) is 11.3 Å². The Morgan fingerprint density at radius 1 is 1.26 bits per heavy atom. The molecule has 3 atom stereocenters. The molecule has 0 saturated carbocycles. The summed E-state index contributed by atoms with van der Waals surface area (Å²) in [6.07, 6.45) is -0.925. The van der Waals surface area contributed by atoms with Crippen LogP contribution in [-0.2, 0) is 4.79 Å². The number of aliphatic hydroxyl groups excluding tert-OH is 2. The maximum absolute atomic E-state index is 12.1. The molecule has 0 saturated heterocycles. The van der Waals surface area contributed by atoms with E-state index in [0.717, 1.165) is 5.69 Å². The van der Waals surface area contributed by atoms with Crippen LogP contribution in [0, 0.1) is 5.92 Å². The average Bonchev–Trinajstić information content (AvgIpc) is 2.39. The number of fused-ring (bicyclic) bond motifs is 1. The monoisotopic (exact) mass is 264 g/mol. The van der Waals surface area contributed by atoms with E-state index in [1.54, 1.807) is 6.07 Å². The van der Waals surface area contributed by atoms with E-state index < -0.39 is 12.1 Å². The lowest BCUT2D eigenvalue weighted by atomic mass is 9.95. The van der Waals surface area contributed by atoms with Gasteiger partial charge in [0.2, 0.25) is 5.91 Å². The molecule has 5 nitrogen and oxygen atoms in total. The lowest BCUT2D eigenvalue weighted by molar-refractivity contribution is -0.125. The molecule has 0 radical (unpaired) electrons. The number of benzene rings is 1. The fourth-order valence-electron chi connectivity index (χ4n) is 2.30. The second-order valence-electron chi connectivity index (χ2n) is 5.20. The molecule has 1 amide bonds. The second-order valence-corrected chi connectivity index (χ2v) is 5.20. The Balaban J connectivity index is 2.43. The molecule has 1 aliphatic heterocycles. The molecule has 1 heterocycles. The fourth-order valence-corrected chi connectivity index (χ4v) is 2.30. The summed E-state index contributed by atoms with van der Waals surface area (Å²) in [6.45, 7) is 3.60. The lowest BCUT2D eigenvalue weighted by Gasteiger charge is -2.32. The minimum absolute atomic E-state index is 0.0997. The van der Waals surface area contributed by atoms with Crippen LogP contribution in [0.15, 0.2) is 24.3 Å². The number of nitrogens with one attached hydrogen (secondary N) is 2. The van der Waals surface area contributed by atoms with Crippen LogP contribution >= 0.6 is 0 Å². The van der Waals surface area contributed by atoms with Crippen molar-refractivity contribution in [2.24, 2.45) is 5.92 Å². The normalized spacial score (nSPS) is 27.0. The first-order chi connectivity index (χ1) is 9.04. The van der Waals surface area contributed by atoms with E-state index in [9.17, 15) is 15.0 Å². The van der Waals surface area contributed by atoms with Crippen LogP contribution in [0.4, 0.5) is 5.69 Å². The van der Waals surface area contributed by atoms with Crippen LogP contribution in [0.2, 0.25) is 0 Å². The molecule has 0 bridgehead atoms. The van der Waals surface area contributed by atoms with E-state index in [1.165, 1.54) is 0 Å². The summed E-state index contributed by atoms with van der Waals surface area (Å²) in [5, 5.41) is 25.5. The first-order valence-corrected chi connectivity index (χ1v) is 6.49. The van der Waals surface area contributed by atoms with Crippen molar-refractivity contribution in [3.63, 3.8) is 0 Å². The van der Waals surface area contributed by atoms with E-state index >= 15 is 0 Å². The zero-order valence-corrected chi connectivity index (χ0v) is 11.1. The summed E-state index contributed by atoms with van der Waals surface area (Å²) in [7, 11) is 0. The van der Waals surface area contributed by atoms with Gasteiger partial charge in [-0.3, -0.25) is 4.79 Å². The minimum Gasteiger partial charge on any atom is -0.394 e. The van der Waals surface area contributed by atoms with E-state index in [1.807, 2.05) is 32.0 Å². The van der Waals surface area contributed by atoms with Crippen molar-refractivity contribution in [2.45, 2.75) is 32.0 Å². The summed E-state index contributed by atoms with van der Waals surface area (Å²) in [6, 6.07) is 6.24. The van der Waals surface area contributed by atoms with E-state index in [2.05, 4.69) is 10.6 Å². The molecule has 0 fully saturated rings. The van der Waals surface area contributed by atoms with Crippen molar-refractivity contribution in [1.82, 2.24) is 5.32 Å². The molecule has 1 aromatic rings. The number of carbonyl (C=O) groups is 1. The average molecular weight is 264 g/mol. The van der Waals surface area contributed by atoms with E-state index in [-0.39, 0.29) is 24.5 Å². The predicted molar refractivity (Wildman–Crippen MR) is 72.7 cm³/mol. The van der Waals surface area contributed by atoms with Gasteiger partial charge < -0.3 is 20.8 Å². The maximum Gasteiger partial charge on any atom is 0.243 e. The lowest BCUT2D eigenvalue weighted by Crippen LogP contribution is -2.52. The first-order valence-electron chi connectivity index (χ1n) is 6.49. The van der Waals surface area contributed by atoms with Gasteiger partial charge in [0.05, 0.1) is 12.6 Å². The van der Waals surface area contributed by atoms with Crippen molar-refractivity contribution in [2.75, 3.05) is 11.9 Å². The SMILES string of the molecule is CC(C)[C@@H]1Nc2ccccc2[C@H](O)[C@@H](CO)NC1=O. The topological polar surface area (TPSA) is 81.6 Å². The highest BCUT2D eigenvalue weighted by molar-refractivity contribution is 5.86. The summed E-state index contributed by atoms with van der Waals surface area (Å²) in [4.78, 5) is 12.1. The van der Waals surface area contributed by atoms with Crippen molar-refractivity contribution in [1.29, 1.82) is 0 Å². The molecular weight excluding hydrogens is 244 g/mol. The Kier molecular flexibility index (Phi) is 4.07. The van der Waals surface area contributed by atoms with Gasteiger partial charge in [0.1, 0.15) is 12.1 Å². The molecule has 1 aromatic carbocycles. The van der Waals surface area contributed by atoms with Crippen molar-refractivity contribution in [3.8, 4) is 0 Å². The third-order valence-corrected chi connectivity index (χ3v) is 3.45. The van der Waals surface area contributed by atoms with Gasteiger partial charge in [-0.2, -0.15) is 0 Å². The van der Waals surface area contributed by atoms with Gasteiger partial charge in [-0.1, -0.05) is 32.0 Å². The van der Waals surface area contributed by atoms with Gasteiger partial charge in [0.25, 0.3) is 0 Å². The molecule has 4 N–H and O–H groups in total. The third-order valence-electron chi connectivity index (χ3n) is 3.45. The number of rotatable bonds is 2. The first kappa shape index (κ1) is 13.8. The molecule has 0 aromatic heterocycles. The third kappa shape index (κ3) is 2.72. The molecule has 0 aliphatic carbocycles. The molecule has 5 heteroatoms. The van der Waals surface area contributed by atoms with Crippen LogP contribution in [0.3, 0.4) is 0 Å². The maximum atomic E-state index is 12.1. The Morgan fingerprint density at radius 2 is 1.95 bits per heavy atom. The predicted octanol–water partition coefficient (Wildman–Crippen LogP) is 0.647. The van der Waals surface area contributed by atoms with Gasteiger partial charge in [0.15, 0.2) is 0 Å². The van der Waals surface area contributed by atoms with Gasteiger partial charge in [-0.25, -0.2) is 0 Å². The fraction of sp³-hybridized carbons (Fsp3) is 0.500. The van der Waals surface area contributed by atoms with Gasteiger partial charge >= 0.3 is 0 Å². The highest BCUT2D eigenvalue weighted by Crippen LogP contribution is 2.28. The number of amides is 1. The molecule has 19 heavy (non-hydrogen) atoms. The number of para-hydroxylation sites is 1. The van der Waals surface area contributed by atoms with Gasteiger partial charge in [-0.05, 0) is 12.0 Å². The molecule has 2 rings (SSSR count). The Morgan fingerprint density at radius 3 is 2.58 bits per heavy atom. The molecule has 0 spiro atoms. The number of anilines is 1. The number of hydrogen-bond acceptors (Lipinski definition) is 4. The standard InChI is InChI=1S/C14H20N2O3/c1-8(2)12-14(19)16-11(7-17)13(18)9-5-3-4-6-10(9)15-12/h3-6,8,11-13,15,17-18H,7H2,1-2H3,(H,16,19)/t11-,12+,13+/m1/s1. The number of hydrogen-bond donors (Lipinski definition) is 4. The molecular formula is C14H20N2O3. The second kappa shape index (κ2) is 5.59. The quantitative estimate of drug-likeness (QED) is 0.632. The Bertz CT molecular complexity index is 462. The minimum atomic E-state index is -0.925. The number of aliphatic hydroxyl groups is 2. The number of carbonyl (C=O) groups excluding carboxylic acids is 1. The van der Waals surface area contributed by atoms with Crippen LogP contribution in [0.25, 0.3) is 0 Å². The zero-order chi connectivity index (χ0) is 14.0. The zero-order valence-electron chi connectivity index (χ0n) is 11.1. The highest BCUT2D eigenvalue weighted by atomic mass is 16.3. The summed E-state index contributed by atoms with van der Waals surface area (Å²) in [5.41, 5.74) is 1.43. The van der Waals surface area contributed by atoms with Crippen LogP contribution in [0.5, 0.6) is 0 Å². The van der Waals surface area contributed by atoms with E-state index in [4.69, 9.17) is 0 Å². The highest BCUT2D eigenvalue weighted by Gasteiger charge is 2.32. The summed E-state index contributed by atoms with van der Waals surface area (Å²) >= 11 is 0. The van der Waals surface area contributed by atoms with Crippen LogP contribution in [-0.4, -0.2) is 34.8 Å². The molecule has 0 unspecified atom stereocenters.